The van der Waals surface area contributed by atoms with Gasteiger partial charge in [0.1, 0.15) is 0 Å². The van der Waals surface area contributed by atoms with Gasteiger partial charge in [-0.2, -0.15) is 0 Å². The van der Waals surface area contributed by atoms with Gasteiger partial charge < -0.3 is 5.73 Å². The van der Waals surface area contributed by atoms with E-state index in [0.29, 0.717) is 6.54 Å². The molecular formula is C13H14N2S. The van der Waals surface area contributed by atoms with Crippen molar-refractivity contribution in [3.05, 3.63) is 59.9 Å². The van der Waals surface area contributed by atoms with Crippen molar-refractivity contribution in [3.8, 4) is 0 Å². The van der Waals surface area contributed by atoms with Crippen molar-refractivity contribution in [1.82, 2.24) is 4.98 Å². The first-order valence-electron chi connectivity index (χ1n) is 5.20. The summed E-state index contributed by atoms with van der Waals surface area (Å²) in [5.74, 6) is 0.898. The van der Waals surface area contributed by atoms with Crippen LogP contribution in [-0.4, -0.2) is 4.98 Å². The molecule has 0 atom stereocenters. The summed E-state index contributed by atoms with van der Waals surface area (Å²) in [5.41, 5.74) is 7.88. The van der Waals surface area contributed by atoms with Gasteiger partial charge in [-0.15, -0.1) is 11.8 Å². The standard InChI is InChI=1S/C13H14N2S/c14-9-11-4-3-6-13(8-11)16-10-12-5-1-2-7-15-12/h1-8H,9-10,14H2. The number of pyridine rings is 1. The summed E-state index contributed by atoms with van der Waals surface area (Å²) in [6.45, 7) is 0.595. The zero-order chi connectivity index (χ0) is 11.2. The molecule has 0 spiro atoms. The van der Waals surface area contributed by atoms with Gasteiger partial charge in [0.2, 0.25) is 0 Å². The van der Waals surface area contributed by atoms with Crippen LogP contribution in [0.5, 0.6) is 0 Å². The van der Waals surface area contributed by atoms with Gasteiger partial charge in [0, 0.05) is 23.4 Å². The Morgan fingerprint density at radius 3 is 2.81 bits per heavy atom. The third-order valence-electron chi connectivity index (χ3n) is 2.25. The van der Waals surface area contributed by atoms with E-state index >= 15 is 0 Å². The highest BCUT2D eigenvalue weighted by Gasteiger charge is 1.97. The number of nitrogens with zero attached hydrogens (tertiary/aromatic N) is 1. The summed E-state index contributed by atoms with van der Waals surface area (Å²) in [7, 11) is 0. The number of hydrogen-bond acceptors (Lipinski definition) is 3. The molecule has 0 amide bonds. The summed E-state index contributed by atoms with van der Waals surface area (Å²) >= 11 is 1.78. The second kappa shape index (κ2) is 5.68. The van der Waals surface area contributed by atoms with Crippen molar-refractivity contribution < 1.29 is 0 Å². The van der Waals surface area contributed by atoms with Crippen molar-refractivity contribution in [1.29, 1.82) is 0 Å². The molecule has 0 saturated heterocycles. The highest BCUT2D eigenvalue weighted by Crippen LogP contribution is 2.22. The van der Waals surface area contributed by atoms with Gasteiger partial charge in [0.25, 0.3) is 0 Å². The van der Waals surface area contributed by atoms with Gasteiger partial charge in [-0.3, -0.25) is 4.98 Å². The maximum absolute atomic E-state index is 5.60. The van der Waals surface area contributed by atoms with Gasteiger partial charge in [-0.25, -0.2) is 0 Å². The molecule has 0 bridgehead atoms. The predicted octanol–water partition coefficient (Wildman–Crippen LogP) is 2.83. The first-order valence-corrected chi connectivity index (χ1v) is 6.19. The molecule has 2 rings (SSSR count). The van der Waals surface area contributed by atoms with Crippen LogP contribution in [0.4, 0.5) is 0 Å². The van der Waals surface area contributed by atoms with Gasteiger partial charge in [-0.1, -0.05) is 18.2 Å². The Bertz CT molecular complexity index is 443. The molecule has 16 heavy (non-hydrogen) atoms. The average Bonchev–Trinajstić information content (AvgIpc) is 2.38. The van der Waals surface area contributed by atoms with E-state index in [-0.39, 0.29) is 0 Å². The van der Waals surface area contributed by atoms with Gasteiger partial charge in [0.15, 0.2) is 0 Å². The number of benzene rings is 1. The molecule has 0 aliphatic carbocycles. The minimum absolute atomic E-state index is 0.595. The number of nitrogens with two attached hydrogens (primary N) is 1. The Hall–Kier alpha value is -1.32. The van der Waals surface area contributed by atoms with Gasteiger partial charge in [-0.05, 0) is 29.8 Å². The molecule has 2 aromatic rings. The van der Waals surface area contributed by atoms with E-state index in [2.05, 4.69) is 17.1 Å². The topological polar surface area (TPSA) is 38.9 Å². The van der Waals surface area contributed by atoms with Crippen LogP contribution in [0.3, 0.4) is 0 Å². The molecular weight excluding hydrogens is 216 g/mol. The van der Waals surface area contributed by atoms with Gasteiger partial charge >= 0.3 is 0 Å². The van der Waals surface area contributed by atoms with Crippen molar-refractivity contribution in [2.24, 2.45) is 5.73 Å². The Morgan fingerprint density at radius 2 is 2.06 bits per heavy atom. The smallest absolute Gasteiger partial charge is 0.0506 e. The maximum Gasteiger partial charge on any atom is 0.0506 e. The Balaban J connectivity index is 1.99. The number of rotatable bonds is 4. The van der Waals surface area contributed by atoms with Crippen LogP contribution in [0, 0.1) is 0 Å². The second-order valence-corrected chi connectivity index (χ2v) is 4.51. The van der Waals surface area contributed by atoms with E-state index in [4.69, 9.17) is 5.73 Å². The number of thioether (sulfide) groups is 1. The van der Waals surface area contributed by atoms with Crippen LogP contribution in [0.25, 0.3) is 0 Å². The molecule has 0 aliphatic rings. The van der Waals surface area contributed by atoms with E-state index in [1.54, 1.807) is 11.8 Å². The third-order valence-corrected chi connectivity index (χ3v) is 3.27. The van der Waals surface area contributed by atoms with E-state index < -0.39 is 0 Å². The second-order valence-electron chi connectivity index (χ2n) is 3.46. The molecule has 0 unspecified atom stereocenters. The van der Waals surface area contributed by atoms with Crippen LogP contribution in [-0.2, 0) is 12.3 Å². The van der Waals surface area contributed by atoms with Crippen molar-refractivity contribution >= 4 is 11.8 Å². The summed E-state index contributed by atoms with van der Waals surface area (Å²) < 4.78 is 0. The van der Waals surface area contributed by atoms with E-state index in [1.165, 1.54) is 10.5 Å². The molecule has 2 nitrogen and oxygen atoms in total. The maximum atomic E-state index is 5.60. The fraction of sp³-hybridized carbons (Fsp3) is 0.154. The predicted molar refractivity (Wildman–Crippen MR) is 68.1 cm³/mol. The van der Waals surface area contributed by atoms with Crippen molar-refractivity contribution in [3.63, 3.8) is 0 Å². The van der Waals surface area contributed by atoms with Crippen LogP contribution in [0.2, 0.25) is 0 Å². The lowest BCUT2D eigenvalue weighted by molar-refractivity contribution is 1.06. The molecule has 1 aromatic heterocycles. The lowest BCUT2D eigenvalue weighted by atomic mass is 10.2. The molecule has 0 saturated carbocycles. The average molecular weight is 230 g/mol. The Labute approximate surface area is 99.9 Å². The SMILES string of the molecule is NCc1cccc(SCc2ccccn2)c1. The van der Waals surface area contributed by atoms with Crippen LogP contribution >= 0.6 is 11.8 Å². The third kappa shape index (κ3) is 3.08. The van der Waals surface area contributed by atoms with Crippen molar-refractivity contribution in [2.45, 2.75) is 17.2 Å². The first-order chi connectivity index (χ1) is 7.88. The lowest BCUT2D eigenvalue weighted by Gasteiger charge is -2.03. The number of aromatic nitrogens is 1. The summed E-state index contributed by atoms with van der Waals surface area (Å²) in [6, 6.07) is 14.3. The summed E-state index contributed by atoms with van der Waals surface area (Å²) in [6.07, 6.45) is 1.83. The minimum Gasteiger partial charge on any atom is -0.326 e. The molecule has 82 valence electrons. The molecule has 2 N–H and O–H groups in total. The monoisotopic (exact) mass is 230 g/mol. The molecule has 0 fully saturated rings. The van der Waals surface area contributed by atoms with Crippen LogP contribution in [0.1, 0.15) is 11.3 Å². The first kappa shape index (κ1) is 11.2. The lowest BCUT2D eigenvalue weighted by Crippen LogP contribution is -1.95. The van der Waals surface area contributed by atoms with E-state index in [1.807, 2.05) is 36.5 Å². The van der Waals surface area contributed by atoms with E-state index in [0.717, 1.165) is 11.4 Å². The van der Waals surface area contributed by atoms with Crippen molar-refractivity contribution in [2.75, 3.05) is 0 Å². The molecule has 0 aliphatic heterocycles. The zero-order valence-electron chi connectivity index (χ0n) is 8.97. The largest absolute Gasteiger partial charge is 0.326 e. The molecule has 1 aromatic carbocycles. The molecule has 3 heteroatoms. The fourth-order valence-corrected chi connectivity index (χ4v) is 2.30. The highest BCUT2D eigenvalue weighted by molar-refractivity contribution is 7.98. The molecule has 1 heterocycles. The normalized spacial score (nSPS) is 10.3. The summed E-state index contributed by atoms with van der Waals surface area (Å²) in [4.78, 5) is 5.53. The fourth-order valence-electron chi connectivity index (χ4n) is 1.40. The quantitative estimate of drug-likeness (QED) is 0.821. The minimum atomic E-state index is 0.595. The Morgan fingerprint density at radius 1 is 1.12 bits per heavy atom. The zero-order valence-corrected chi connectivity index (χ0v) is 9.78. The van der Waals surface area contributed by atoms with Crippen LogP contribution in [0.15, 0.2) is 53.6 Å². The number of hydrogen-bond donors (Lipinski definition) is 1. The molecule has 0 radical (unpaired) electrons. The van der Waals surface area contributed by atoms with Crippen LogP contribution < -0.4 is 5.73 Å². The van der Waals surface area contributed by atoms with E-state index in [9.17, 15) is 0 Å². The Kier molecular flexibility index (Phi) is 3.97. The van der Waals surface area contributed by atoms with Gasteiger partial charge in [0.05, 0.1) is 5.69 Å². The highest BCUT2D eigenvalue weighted by atomic mass is 32.2. The summed E-state index contributed by atoms with van der Waals surface area (Å²) in [5, 5.41) is 0.